The maximum atomic E-state index is 12.4. The molecule has 1 saturated heterocycles. The van der Waals surface area contributed by atoms with Crippen LogP contribution in [0.5, 0.6) is 5.88 Å². The number of pyridine rings is 1. The van der Waals surface area contributed by atoms with Gasteiger partial charge >= 0.3 is 6.09 Å². The molecule has 0 unspecified atom stereocenters. The van der Waals surface area contributed by atoms with Crippen LogP contribution in [0.1, 0.15) is 24.5 Å². The summed E-state index contributed by atoms with van der Waals surface area (Å²) in [6.45, 7) is 2.16. The Labute approximate surface area is 191 Å². The fourth-order valence-electron chi connectivity index (χ4n) is 4.49. The number of carbonyl (C=O) groups excluding carboxylic acids is 2. The van der Waals surface area contributed by atoms with Gasteiger partial charge in [0, 0.05) is 41.6 Å². The predicted molar refractivity (Wildman–Crippen MR) is 122 cm³/mol. The Morgan fingerprint density at radius 3 is 3.00 bits per heavy atom. The molecular formula is C24H25N5O4. The van der Waals surface area contributed by atoms with Crippen LogP contribution in [0.4, 0.5) is 10.5 Å². The summed E-state index contributed by atoms with van der Waals surface area (Å²) in [5.74, 6) is 0.409. The van der Waals surface area contributed by atoms with Crippen LogP contribution in [0.2, 0.25) is 0 Å². The van der Waals surface area contributed by atoms with Crippen molar-refractivity contribution >= 4 is 17.7 Å². The molecule has 170 valence electrons. The van der Waals surface area contributed by atoms with Crippen LogP contribution < -0.4 is 15.0 Å². The predicted octanol–water partition coefficient (Wildman–Crippen LogP) is 3.10. The van der Waals surface area contributed by atoms with Gasteiger partial charge in [0.15, 0.2) is 0 Å². The summed E-state index contributed by atoms with van der Waals surface area (Å²) in [4.78, 5) is 29.4. The Hall–Kier alpha value is -3.88. The molecule has 3 heterocycles. The number of cyclic esters (lactones) is 1. The lowest BCUT2D eigenvalue weighted by atomic mass is 9.99. The average Bonchev–Trinajstić information content (AvgIpc) is 3.36. The first-order valence-electron chi connectivity index (χ1n) is 11.0. The third-order valence-corrected chi connectivity index (χ3v) is 6.08. The summed E-state index contributed by atoms with van der Waals surface area (Å²) < 4.78 is 10.7. The Bertz CT molecular complexity index is 1220. The summed E-state index contributed by atoms with van der Waals surface area (Å²) in [6.07, 6.45) is 3.71. The molecule has 1 fully saturated rings. The van der Waals surface area contributed by atoms with Crippen LogP contribution in [-0.2, 0) is 22.4 Å². The van der Waals surface area contributed by atoms with Crippen molar-refractivity contribution in [3.8, 4) is 28.4 Å². The maximum Gasteiger partial charge on any atom is 0.414 e. The molecule has 1 aliphatic carbocycles. The molecular weight excluding hydrogens is 422 g/mol. The van der Waals surface area contributed by atoms with Gasteiger partial charge in [0.1, 0.15) is 6.10 Å². The van der Waals surface area contributed by atoms with Gasteiger partial charge in [0.25, 0.3) is 0 Å². The van der Waals surface area contributed by atoms with Crippen LogP contribution >= 0.6 is 0 Å². The molecule has 5 rings (SSSR count). The molecule has 1 aromatic carbocycles. The van der Waals surface area contributed by atoms with Crippen LogP contribution in [0.15, 0.2) is 36.5 Å². The van der Waals surface area contributed by atoms with E-state index >= 15 is 0 Å². The Kier molecular flexibility index (Phi) is 5.45. The molecule has 2 N–H and O–H groups in total. The number of hydrogen-bond donors (Lipinski definition) is 2. The van der Waals surface area contributed by atoms with E-state index in [2.05, 4.69) is 26.6 Å². The van der Waals surface area contributed by atoms with Crippen molar-refractivity contribution in [2.45, 2.75) is 32.3 Å². The second kappa shape index (κ2) is 8.57. The molecule has 0 radical (unpaired) electrons. The smallest absolute Gasteiger partial charge is 0.414 e. The fraction of sp³-hybridized carbons (Fsp3) is 0.333. The van der Waals surface area contributed by atoms with Crippen molar-refractivity contribution in [2.75, 3.05) is 25.1 Å². The van der Waals surface area contributed by atoms with E-state index in [9.17, 15) is 9.59 Å². The summed E-state index contributed by atoms with van der Waals surface area (Å²) in [5, 5.41) is 10.6. The number of aromatic amines is 1. The number of hydrogen-bond acceptors (Lipinski definition) is 6. The number of benzene rings is 1. The quantitative estimate of drug-likeness (QED) is 0.622. The third-order valence-electron chi connectivity index (χ3n) is 6.08. The van der Waals surface area contributed by atoms with E-state index in [0.29, 0.717) is 19.0 Å². The van der Waals surface area contributed by atoms with Gasteiger partial charge in [-0.1, -0.05) is 6.07 Å². The third kappa shape index (κ3) is 4.02. The van der Waals surface area contributed by atoms with Gasteiger partial charge in [-0.15, -0.1) is 0 Å². The highest BCUT2D eigenvalue weighted by Crippen LogP contribution is 2.38. The van der Waals surface area contributed by atoms with E-state index < -0.39 is 6.09 Å². The number of anilines is 1. The minimum Gasteiger partial charge on any atom is -0.481 e. The molecule has 2 aliphatic rings. The van der Waals surface area contributed by atoms with Crippen molar-refractivity contribution in [3.05, 3.63) is 47.7 Å². The van der Waals surface area contributed by atoms with Crippen LogP contribution in [-0.4, -0.2) is 53.5 Å². The average molecular weight is 447 g/mol. The van der Waals surface area contributed by atoms with Gasteiger partial charge in [-0.05, 0) is 43.0 Å². The second-order valence-corrected chi connectivity index (χ2v) is 8.26. The summed E-state index contributed by atoms with van der Waals surface area (Å²) in [7, 11) is 1.60. The van der Waals surface area contributed by atoms with Crippen molar-refractivity contribution in [3.63, 3.8) is 0 Å². The molecule has 9 heteroatoms. The molecule has 0 spiro atoms. The number of methoxy groups -OCH3 is 1. The summed E-state index contributed by atoms with van der Waals surface area (Å²) in [6, 6.07) is 9.86. The van der Waals surface area contributed by atoms with E-state index in [-0.39, 0.29) is 12.0 Å². The minimum absolute atomic E-state index is 0.144. The molecule has 33 heavy (non-hydrogen) atoms. The standard InChI is InChI=1S/C24H25N5O4/c1-14(30)26-12-18-13-29(24(31)33-18)17-6-7-19-15(10-17)4-3-5-20-22(27-28-23(19)20)16-8-9-25-21(11-16)32-2/h6-11,18H,3-5,12-13H2,1-2H3,(H,26,30)(H,27,28)/t18-/m0/s1. The van der Waals surface area contributed by atoms with E-state index in [4.69, 9.17) is 9.47 Å². The highest BCUT2D eigenvalue weighted by Gasteiger charge is 2.33. The zero-order chi connectivity index (χ0) is 22.9. The lowest BCUT2D eigenvalue weighted by Crippen LogP contribution is -2.33. The van der Waals surface area contributed by atoms with Gasteiger partial charge in [0.05, 0.1) is 31.6 Å². The Balaban J connectivity index is 1.44. The highest BCUT2D eigenvalue weighted by atomic mass is 16.6. The van der Waals surface area contributed by atoms with Crippen LogP contribution in [0, 0.1) is 0 Å². The SMILES string of the molecule is COc1cc(-c2n[nH]c3c2CCCc2cc(N4C[C@H](CNC(C)=O)OC4=O)ccc2-3)ccn1. The normalized spacial score (nSPS) is 17.1. The first kappa shape index (κ1) is 21.0. The van der Waals surface area contributed by atoms with Crippen molar-refractivity contribution in [1.82, 2.24) is 20.5 Å². The lowest BCUT2D eigenvalue weighted by molar-refractivity contribution is -0.119. The molecule has 0 bridgehead atoms. The molecule has 2 aromatic heterocycles. The molecule has 1 atom stereocenters. The number of fused-ring (bicyclic) bond motifs is 3. The van der Waals surface area contributed by atoms with Gasteiger partial charge in [-0.2, -0.15) is 5.10 Å². The summed E-state index contributed by atoms with van der Waals surface area (Å²) >= 11 is 0. The number of H-pyrrole nitrogens is 1. The highest BCUT2D eigenvalue weighted by molar-refractivity contribution is 5.91. The second-order valence-electron chi connectivity index (χ2n) is 8.26. The molecule has 9 nitrogen and oxygen atoms in total. The molecule has 2 amide bonds. The zero-order valence-electron chi connectivity index (χ0n) is 18.6. The number of carbonyl (C=O) groups is 2. The van der Waals surface area contributed by atoms with Gasteiger partial charge in [-0.3, -0.25) is 14.8 Å². The summed E-state index contributed by atoms with van der Waals surface area (Å²) in [5.41, 5.74) is 7.10. The van der Waals surface area contributed by atoms with Crippen LogP contribution in [0.25, 0.3) is 22.5 Å². The fourth-order valence-corrected chi connectivity index (χ4v) is 4.49. The van der Waals surface area contributed by atoms with E-state index in [0.717, 1.165) is 53.0 Å². The van der Waals surface area contributed by atoms with Crippen molar-refractivity contribution in [2.24, 2.45) is 0 Å². The van der Waals surface area contributed by atoms with Gasteiger partial charge in [0.2, 0.25) is 11.8 Å². The zero-order valence-corrected chi connectivity index (χ0v) is 18.6. The van der Waals surface area contributed by atoms with E-state index in [1.165, 1.54) is 12.5 Å². The van der Waals surface area contributed by atoms with E-state index in [1.54, 1.807) is 18.2 Å². The molecule has 0 saturated carbocycles. The van der Waals surface area contributed by atoms with Gasteiger partial charge in [-0.25, -0.2) is 9.78 Å². The van der Waals surface area contributed by atoms with Crippen molar-refractivity contribution < 1.29 is 19.1 Å². The number of nitrogens with one attached hydrogen (secondary N) is 2. The topological polar surface area (TPSA) is 109 Å². The van der Waals surface area contributed by atoms with Crippen molar-refractivity contribution in [1.29, 1.82) is 0 Å². The Morgan fingerprint density at radius 2 is 2.18 bits per heavy atom. The number of rotatable bonds is 5. The largest absolute Gasteiger partial charge is 0.481 e. The number of nitrogens with zero attached hydrogens (tertiary/aromatic N) is 3. The first-order valence-corrected chi connectivity index (χ1v) is 11.0. The first-order chi connectivity index (χ1) is 16.0. The van der Waals surface area contributed by atoms with E-state index in [1.807, 2.05) is 24.3 Å². The molecule has 3 aromatic rings. The monoisotopic (exact) mass is 447 g/mol. The lowest BCUT2D eigenvalue weighted by Gasteiger charge is -2.16. The number of ether oxygens (including phenoxy) is 2. The number of aryl methyl sites for hydroxylation is 1. The number of aromatic nitrogens is 3. The van der Waals surface area contributed by atoms with Crippen LogP contribution in [0.3, 0.4) is 0 Å². The maximum absolute atomic E-state index is 12.4. The van der Waals surface area contributed by atoms with Gasteiger partial charge < -0.3 is 14.8 Å². The Morgan fingerprint density at radius 1 is 1.30 bits per heavy atom. The minimum atomic E-state index is -0.393. The number of amides is 2. The molecule has 1 aliphatic heterocycles.